The monoisotopic (exact) mass is 793 g/mol. The molecule has 0 N–H and O–H groups in total. The van der Waals surface area contributed by atoms with Crippen LogP contribution in [-0.4, -0.2) is 23.9 Å². The molecule has 4 heterocycles. The van der Waals surface area contributed by atoms with Gasteiger partial charge in [0.2, 0.25) is 0 Å². The van der Waals surface area contributed by atoms with Gasteiger partial charge in [0, 0.05) is 60.8 Å². The molecule has 6 nitrogen and oxygen atoms in total. The summed E-state index contributed by atoms with van der Waals surface area (Å²) in [4.78, 5) is 0. The minimum atomic E-state index is 0.790. The maximum absolute atomic E-state index is 6.46. The zero-order chi connectivity index (χ0) is 40.7. The summed E-state index contributed by atoms with van der Waals surface area (Å²) in [6.07, 6.45) is 0. The van der Waals surface area contributed by atoms with Gasteiger partial charge in [0.25, 0.3) is 0 Å². The van der Waals surface area contributed by atoms with Crippen molar-refractivity contribution < 1.29 is 4.42 Å². The lowest BCUT2D eigenvalue weighted by Gasteiger charge is -2.16. The van der Waals surface area contributed by atoms with E-state index < -0.39 is 0 Å². The third kappa shape index (κ3) is 5.10. The van der Waals surface area contributed by atoms with Crippen LogP contribution in [0.25, 0.3) is 117 Å². The molecule has 0 aliphatic rings. The molecule has 13 aromatic rings. The van der Waals surface area contributed by atoms with Crippen LogP contribution in [0.2, 0.25) is 0 Å². The molecule has 0 aliphatic heterocycles. The Kier molecular flexibility index (Phi) is 7.50. The number of para-hydroxylation sites is 4. The number of benzene rings is 9. The average Bonchev–Trinajstić information content (AvgIpc) is 4.11. The Labute approximate surface area is 355 Å². The number of aromatic nitrogens is 5. The van der Waals surface area contributed by atoms with Crippen molar-refractivity contribution in [2.45, 2.75) is 0 Å². The smallest absolute Gasteiger partial charge is 0.168 e. The number of hydrogen-bond acceptors (Lipinski definition) is 3. The lowest BCUT2D eigenvalue weighted by Crippen LogP contribution is -2.01. The first kappa shape index (κ1) is 34.4. The van der Waals surface area contributed by atoms with Gasteiger partial charge < -0.3 is 13.6 Å². The third-order valence-electron chi connectivity index (χ3n) is 12.4. The molecule has 0 aliphatic carbocycles. The van der Waals surface area contributed by atoms with E-state index in [2.05, 4.69) is 202 Å². The summed E-state index contributed by atoms with van der Waals surface area (Å²) in [5.74, 6) is 1.58. The molecule has 0 bridgehead atoms. The fourth-order valence-corrected chi connectivity index (χ4v) is 9.70. The normalized spacial score (nSPS) is 11.9. The number of furan rings is 1. The molecule has 4 aromatic heterocycles. The van der Waals surface area contributed by atoms with Crippen molar-refractivity contribution in [3.8, 4) is 51.0 Å². The van der Waals surface area contributed by atoms with E-state index in [1.807, 2.05) is 24.3 Å². The highest BCUT2D eigenvalue weighted by molar-refractivity contribution is 6.18. The maximum Gasteiger partial charge on any atom is 0.168 e. The van der Waals surface area contributed by atoms with Gasteiger partial charge in [-0.3, -0.25) is 4.57 Å². The van der Waals surface area contributed by atoms with Gasteiger partial charge in [-0.2, -0.15) is 0 Å². The summed E-state index contributed by atoms with van der Waals surface area (Å²) in [6, 6.07) is 75.2. The second-order valence-electron chi connectivity index (χ2n) is 15.8. The zero-order valence-corrected chi connectivity index (χ0v) is 33.4. The van der Waals surface area contributed by atoms with Crippen molar-refractivity contribution in [2.24, 2.45) is 0 Å². The highest BCUT2D eigenvalue weighted by atomic mass is 16.3. The topological polar surface area (TPSA) is 53.7 Å². The van der Waals surface area contributed by atoms with Crippen molar-refractivity contribution >= 4 is 65.6 Å². The van der Waals surface area contributed by atoms with E-state index in [-0.39, 0.29) is 0 Å². The van der Waals surface area contributed by atoms with Crippen LogP contribution < -0.4 is 0 Å². The van der Waals surface area contributed by atoms with Crippen LogP contribution in [-0.2, 0) is 0 Å². The molecule has 9 aromatic carbocycles. The van der Waals surface area contributed by atoms with Crippen LogP contribution in [0.5, 0.6) is 0 Å². The minimum absolute atomic E-state index is 0.790. The van der Waals surface area contributed by atoms with E-state index in [1.54, 1.807) is 0 Å². The van der Waals surface area contributed by atoms with Crippen molar-refractivity contribution in [2.75, 3.05) is 0 Å². The fraction of sp³-hybridized carbons (Fsp3) is 0. The second-order valence-corrected chi connectivity index (χ2v) is 15.8. The first-order valence-corrected chi connectivity index (χ1v) is 20.9. The molecule has 0 fully saturated rings. The predicted octanol–water partition coefficient (Wildman–Crippen LogP) is 14.4. The zero-order valence-electron chi connectivity index (χ0n) is 33.4. The van der Waals surface area contributed by atoms with Crippen molar-refractivity contribution in [1.82, 2.24) is 23.9 Å². The molecule has 13 rings (SSSR count). The number of fused-ring (bicyclic) bond motifs is 9. The van der Waals surface area contributed by atoms with E-state index >= 15 is 0 Å². The lowest BCUT2D eigenvalue weighted by molar-refractivity contribution is 0.669. The average molecular weight is 794 g/mol. The molecule has 0 unspecified atom stereocenters. The van der Waals surface area contributed by atoms with Crippen molar-refractivity contribution in [3.05, 3.63) is 212 Å². The summed E-state index contributed by atoms with van der Waals surface area (Å²) in [7, 11) is 0. The predicted molar refractivity (Wildman–Crippen MR) is 254 cm³/mol. The number of hydrogen-bond donors (Lipinski definition) is 0. The largest absolute Gasteiger partial charge is 0.456 e. The fourth-order valence-electron chi connectivity index (χ4n) is 9.70. The molecule has 0 amide bonds. The second kappa shape index (κ2) is 13.5. The summed E-state index contributed by atoms with van der Waals surface area (Å²) in [6.45, 7) is 0. The van der Waals surface area contributed by atoms with Crippen LogP contribution in [0.15, 0.2) is 217 Å². The van der Waals surface area contributed by atoms with Gasteiger partial charge in [-0.1, -0.05) is 152 Å². The van der Waals surface area contributed by atoms with Gasteiger partial charge in [-0.15, -0.1) is 10.2 Å². The molecule has 0 atom stereocenters. The van der Waals surface area contributed by atoms with Crippen LogP contribution in [0, 0.1) is 0 Å². The molecule has 290 valence electrons. The Balaban J connectivity index is 1.02. The maximum atomic E-state index is 6.46. The van der Waals surface area contributed by atoms with Gasteiger partial charge >= 0.3 is 0 Å². The quantitative estimate of drug-likeness (QED) is 0.168. The van der Waals surface area contributed by atoms with Crippen molar-refractivity contribution in [1.29, 1.82) is 0 Å². The van der Waals surface area contributed by atoms with Crippen LogP contribution in [0.3, 0.4) is 0 Å². The van der Waals surface area contributed by atoms with E-state index in [9.17, 15) is 0 Å². The third-order valence-corrected chi connectivity index (χ3v) is 12.4. The van der Waals surface area contributed by atoms with Gasteiger partial charge in [0.1, 0.15) is 11.2 Å². The highest BCUT2D eigenvalue weighted by Crippen LogP contribution is 2.42. The SMILES string of the molecule is c1ccc(-c2nnc(-c3ccccc3)n2-c2cccc3c2c2ccccc2n3-c2cccc(-c3ccccc3-n3c4ccccc4c4cc5c(cc43)oc3ccccc35)c2)cc1. The van der Waals surface area contributed by atoms with E-state index in [1.165, 1.54) is 10.8 Å². The van der Waals surface area contributed by atoms with E-state index in [0.29, 0.717) is 0 Å². The van der Waals surface area contributed by atoms with Gasteiger partial charge in [0.05, 0.1) is 33.4 Å². The molecular weight excluding hydrogens is 759 g/mol. The standard InChI is InChI=1S/C56H35N5O/c1-3-17-36(18-4-1)55-57-58-56(37-19-5-2-6-20-37)61(55)50-31-16-30-49-54(50)43-26-9-13-29-48(43)59(49)39-22-15-21-38(33-39)40-23-7-11-27-46(40)60-47-28-12-8-24-41(47)44-34-45-42-25-10-14-32-52(42)62-53(45)35-51(44)60/h1-35H. The van der Waals surface area contributed by atoms with Crippen LogP contribution in [0.4, 0.5) is 0 Å². The van der Waals surface area contributed by atoms with Crippen molar-refractivity contribution in [3.63, 3.8) is 0 Å². The van der Waals surface area contributed by atoms with Gasteiger partial charge in [-0.05, 0) is 60.2 Å². The molecule has 0 spiro atoms. The van der Waals surface area contributed by atoms with Crippen LogP contribution in [0.1, 0.15) is 0 Å². The van der Waals surface area contributed by atoms with E-state index in [4.69, 9.17) is 14.6 Å². The number of nitrogens with zero attached hydrogens (tertiary/aromatic N) is 5. The first-order valence-electron chi connectivity index (χ1n) is 20.9. The Morgan fingerprint density at radius 3 is 1.68 bits per heavy atom. The lowest BCUT2D eigenvalue weighted by atomic mass is 10.0. The molecule has 0 saturated heterocycles. The molecule has 62 heavy (non-hydrogen) atoms. The Morgan fingerprint density at radius 2 is 0.903 bits per heavy atom. The van der Waals surface area contributed by atoms with Gasteiger partial charge in [0.15, 0.2) is 11.6 Å². The summed E-state index contributed by atoms with van der Waals surface area (Å²) >= 11 is 0. The Hall–Kier alpha value is -8.48. The summed E-state index contributed by atoms with van der Waals surface area (Å²) in [5.41, 5.74) is 13.7. The Morgan fingerprint density at radius 1 is 0.323 bits per heavy atom. The first-order chi connectivity index (χ1) is 30.8. The molecule has 6 heteroatoms. The van der Waals surface area contributed by atoms with Crippen LogP contribution >= 0.6 is 0 Å². The summed E-state index contributed by atoms with van der Waals surface area (Å²) in [5, 5.41) is 16.6. The molecule has 0 saturated carbocycles. The van der Waals surface area contributed by atoms with E-state index in [0.717, 1.165) is 106 Å². The summed E-state index contributed by atoms with van der Waals surface area (Å²) < 4.78 is 13.5. The molecular formula is C56H35N5O. The molecule has 0 radical (unpaired) electrons. The minimum Gasteiger partial charge on any atom is -0.456 e. The van der Waals surface area contributed by atoms with Gasteiger partial charge in [-0.25, -0.2) is 0 Å². The highest BCUT2D eigenvalue weighted by Gasteiger charge is 2.23. The number of rotatable bonds is 6. The Bertz CT molecular complexity index is 3810.